The highest BCUT2D eigenvalue weighted by atomic mass is 19.1. The third kappa shape index (κ3) is 1.67. The standard InChI is InChI=1S/C13H10FN3/c1-8-2-3-9(6-10(8)14)11-7-12-13(17-11)16-5-4-15-12/h2-7H,1H3,(H,16,17). The molecule has 0 aliphatic rings. The molecule has 2 heterocycles. The first-order valence-electron chi connectivity index (χ1n) is 5.30. The second kappa shape index (κ2) is 3.66. The van der Waals surface area contributed by atoms with Crippen molar-refractivity contribution in [3.8, 4) is 11.3 Å². The Kier molecular flexibility index (Phi) is 2.14. The number of nitrogens with zero attached hydrogens (tertiary/aromatic N) is 2. The highest BCUT2D eigenvalue weighted by Gasteiger charge is 2.06. The number of benzene rings is 1. The molecule has 0 fully saturated rings. The number of aryl methyl sites for hydroxylation is 1. The molecule has 17 heavy (non-hydrogen) atoms. The summed E-state index contributed by atoms with van der Waals surface area (Å²) in [7, 11) is 0. The Hall–Kier alpha value is -2.23. The number of rotatable bonds is 1. The molecule has 0 aliphatic heterocycles. The van der Waals surface area contributed by atoms with Crippen molar-refractivity contribution in [1.29, 1.82) is 0 Å². The number of nitrogens with one attached hydrogen (secondary N) is 1. The Morgan fingerprint density at radius 2 is 1.94 bits per heavy atom. The van der Waals surface area contributed by atoms with E-state index in [1.807, 2.05) is 12.1 Å². The third-order valence-corrected chi connectivity index (χ3v) is 2.74. The Bertz CT molecular complexity index is 655. The van der Waals surface area contributed by atoms with Gasteiger partial charge in [-0.05, 0) is 24.6 Å². The Morgan fingerprint density at radius 3 is 2.71 bits per heavy atom. The molecule has 3 aromatic rings. The van der Waals surface area contributed by atoms with Crippen LogP contribution in [0.4, 0.5) is 4.39 Å². The van der Waals surface area contributed by atoms with Gasteiger partial charge in [0.15, 0.2) is 5.65 Å². The zero-order valence-electron chi connectivity index (χ0n) is 9.24. The molecule has 3 nitrogen and oxygen atoms in total. The average molecular weight is 227 g/mol. The van der Waals surface area contributed by atoms with Crippen molar-refractivity contribution in [3.63, 3.8) is 0 Å². The fourth-order valence-electron chi connectivity index (χ4n) is 1.77. The lowest BCUT2D eigenvalue weighted by atomic mass is 10.1. The van der Waals surface area contributed by atoms with Gasteiger partial charge in [0, 0.05) is 23.7 Å². The van der Waals surface area contributed by atoms with Crippen molar-refractivity contribution in [2.75, 3.05) is 0 Å². The largest absolute Gasteiger partial charge is 0.338 e. The minimum absolute atomic E-state index is 0.206. The summed E-state index contributed by atoms with van der Waals surface area (Å²) < 4.78 is 13.5. The maximum atomic E-state index is 13.5. The summed E-state index contributed by atoms with van der Waals surface area (Å²) in [6.45, 7) is 1.74. The summed E-state index contributed by atoms with van der Waals surface area (Å²) in [5.74, 6) is -0.206. The van der Waals surface area contributed by atoms with Gasteiger partial charge in [-0.1, -0.05) is 12.1 Å². The van der Waals surface area contributed by atoms with E-state index >= 15 is 0 Å². The predicted octanol–water partition coefficient (Wildman–Crippen LogP) is 3.07. The van der Waals surface area contributed by atoms with Gasteiger partial charge in [-0.3, -0.25) is 4.98 Å². The van der Waals surface area contributed by atoms with Gasteiger partial charge >= 0.3 is 0 Å². The smallest absolute Gasteiger partial charge is 0.156 e. The lowest BCUT2D eigenvalue weighted by Crippen LogP contribution is -1.84. The van der Waals surface area contributed by atoms with Gasteiger partial charge in [0.1, 0.15) is 11.3 Å². The van der Waals surface area contributed by atoms with E-state index in [0.717, 1.165) is 16.8 Å². The van der Waals surface area contributed by atoms with Crippen LogP contribution in [-0.4, -0.2) is 15.0 Å². The quantitative estimate of drug-likeness (QED) is 0.694. The molecule has 0 bridgehead atoms. The molecular formula is C13H10FN3. The van der Waals surface area contributed by atoms with Crippen LogP contribution in [0, 0.1) is 12.7 Å². The lowest BCUT2D eigenvalue weighted by molar-refractivity contribution is 0.619. The molecule has 0 spiro atoms. The van der Waals surface area contributed by atoms with Crippen LogP contribution in [0.1, 0.15) is 5.56 Å². The first kappa shape index (κ1) is 9.96. The van der Waals surface area contributed by atoms with Crippen molar-refractivity contribution in [3.05, 3.63) is 48.0 Å². The zero-order chi connectivity index (χ0) is 11.8. The van der Waals surface area contributed by atoms with Crippen molar-refractivity contribution >= 4 is 11.2 Å². The van der Waals surface area contributed by atoms with E-state index in [4.69, 9.17) is 0 Å². The van der Waals surface area contributed by atoms with Gasteiger partial charge in [0.25, 0.3) is 0 Å². The summed E-state index contributed by atoms with van der Waals surface area (Å²) in [6.07, 6.45) is 3.26. The first-order valence-corrected chi connectivity index (χ1v) is 5.30. The number of halogens is 1. The third-order valence-electron chi connectivity index (χ3n) is 2.74. The minimum atomic E-state index is -0.206. The zero-order valence-corrected chi connectivity index (χ0v) is 9.24. The monoisotopic (exact) mass is 227 g/mol. The molecule has 0 saturated heterocycles. The van der Waals surface area contributed by atoms with Crippen molar-refractivity contribution in [2.45, 2.75) is 6.92 Å². The highest BCUT2D eigenvalue weighted by molar-refractivity contribution is 5.79. The van der Waals surface area contributed by atoms with Gasteiger partial charge in [0.05, 0.1) is 0 Å². The number of H-pyrrole nitrogens is 1. The topological polar surface area (TPSA) is 41.6 Å². The molecular weight excluding hydrogens is 217 g/mol. The van der Waals surface area contributed by atoms with Crippen molar-refractivity contribution in [1.82, 2.24) is 15.0 Å². The molecule has 0 saturated carbocycles. The van der Waals surface area contributed by atoms with Crippen LogP contribution in [-0.2, 0) is 0 Å². The van der Waals surface area contributed by atoms with Crippen molar-refractivity contribution < 1.29 is 4.39 Å². The molecule has 0 unspecified atom stereocenters. The van der Waals surface area contributed by atoms with Crippen LogP contribution < -0.4 is 0 Å². The SMILES string of the molecule is Cc1ccc(-c2cc3nccnc3[nH]2)cc1F. The Morgan fingerprint density at radius 1 is 1.12 bits per heavy atom. The van der Waals surface area contributed by atoms with E-state index in [2.05, 4.69) is 15.0 Å². The van der Waals surface area contributed by atoms with E-state index in [0.29, 0.717) is 11.2 Å². The molecule has 84 valence electrons. The van der Waals surface area contributed by atoms with Crippen LogP contribution in [0.5, 0.6) is 0 Å². The van der Waals surface area contributed by atoms with E-state index in [9.17, 15) is 4.39 Å². The lowest BCUT2D eigenvalue weighted by Gasteiger charge is -2.00. The molecule has 1 aromatic carbocycles. The molecule has 0 atom stereocenters. The number of hydrogen-bond acceptors (Lipinski definition) is 2. The molecule has 0 radical (unpaired) electrons. The summed E-state index contributed by atoms with van der Waals surface area (Å²) in [5, 5.41) is 0. The van der Waals surface area contributed by atoms with Crippen LogP contribution in [0.2, 0.25) is 0 Å². The van der Waals surface area contributed by atoms with Crippen molar-refractivity contribution in [2.24, 2.45) is 0 Å². The van der Waals surface area contributed by atoms with E-state index < -0.39 is 0 Å². The van der Waals surface area contributed by atoms with Crippen LogP contribution in [0.3, 0.4) is 0 Å². The van der Waals surface area contributed by atoms with Gasteiger partial charge in [-0.2, -0.15) is 0 Å². The molecule has 4 heteroatoms. The number of hydrogen-bond donors (Lipinski definition) is 1. The fourth-order valence-corrected chi connectivity index (χ4v) is 1.77. The van der Waals surface area contributed by atoms with Gasteiger partial charge in [0.2, 0.25) is 0 Å². The normalized spacial score (nSPS) is 10.9. The summed E-state index contributed by atoms with van der Waals surface area (Å²) >= 11 is 0. The summed E-state index contributed by atoms with van der Waals surface area (Å²) in [5.41, 5.74) is 3.76. The van der Waals surface area contributed by atoms with Gasteiger partial charge < -0.3 is 4.98 Å². The van der Waals surface area contributed by atoms with Crippen LogP contribution in [0.15, 0.2) is 36.7 Å². The van der Waals surface area contributed by atoms with Crippen LogP contribution >= 0.6 is 0 Å². The second-order valence-corrected chi connectivity index (χ2v) is 3.94. The predicted molar refractivity (Wildman–Crippen MR) is 64.0 cm³/mol. The molecule has 1 N–H and O–H groups in total. The highest BCUT2D eigenvalue weighted by Crippen LogP contribution is 2.23. The molecule has 0 aliphatic carbocycles. The summed E-state index contributed by atoms with van der Waals surface area (Å²) in [6, 6.07) is 7.02. The number of fused-ring (bicyclic) bond motifs is 1. The molecule has 3 rings (SSSR count). The Labute approximate surface area is 97.3 Å². The maximum absolute atomic E-state index is 13.5. The first-order chi connectivity index (χ1) is 8.24. The second-order valence-electron chi connectivity index (χ2n) is 3.94. The maximum Gasteiger partial charge on any atom is 0.156 e. The van der Waals surface area contributed by atoms with Gasteiger partial charge in [-0.25, -0.2) is 9.37 Å². The van der Waals surface area contributed by atoms with Gasteiger partial charge in [-0.15, -0.1) is 0 Å². The van der Waals surface area contributed by atoms with E-state index in [1.165, 1.54) is 6.07 Å². The molecule has 0 amide bonds. The minimum Gasteiger partial charge on any atom is -0.338 e. The molecule has 2 aromatic heterocycles. The number of aromatic amines is 1. The van der Waals surface area contributed by atoms with Crippen LogP contribution in [0.25, 0.3) is 22.4 Å². The summed E-state index contributed by atoms with van der Waals surface area (Å²) in [4.78, 5) is 11.5. The van der Waals surface area contributed by atoms with E-state index in [1.54, 1.807) is 25.4 Å². The van der Waals surface area contributed by atoms with E-state index in [-0.39, 0.29) is 5.82 Å². The fraction of sp³-hybridized carbons (Fsp3) is 0.0769. The Balaban J connectivity index is 2.17. The number of aromatic nitrogens is 3. The average Bonchev–Trinajstić information content (AvgIpc) is 2.76.